The Morgan fingerprint density at radius 3 is 1.30 bits per heavy atom. The van der Waals surface area contributed by atoms with E-state index in [2.05, 4.69) is 71.0 Å². The molecule has 0 saturated heterocycles. The molecule has 2 rings (SSSR count). The van der Waals surface area contributed by atoms with Gasteiger partial charge in [-0.25, -0.2) is 18.3 Å². The SMILES string of the molecule is Cc1n(CCCCCCCCCn2cc[n+](C)c2C)cc[n+]1C. The predicted octanol–water partition coefficient (Wildman–Crippen LogP) is 2.99. The van der Waals surface area contributed by atoms with Gasteiger partial charge in [0, 0.05) is 13.8 Å². The van der Waals surface area contributed by atoms with Crippen LogP contribution < -0.4 is 9.13 Å². The molecule has 0 fully saturated rings. The zero-order chi connectivity index (χ0) is 16.7. The van der Waals surface area contributed by atoms with E-state index in [1.165, 1.54) is 56.6 Å². The molecule has 0 aromatic carbocycles. The summed E-state index contributed by atoms with van der Waals surface area (Å²) in [7, 11) is 4.22. The van der Waals surface area contributed by atoms with Gasteiger partial charge in [-0.2, -0.15) is 0 Å². The highest BCUT2D eigenvalue weighted by atomic mass is 15.1. The second-order valence-corrected chi connectivity index (χ2v) is 6.77. The molecule has 0 aliphatic carbocycles. The number of nitrogens with zero attached hydrogens (tertiary/aromatic N) is 4. The second kappa shape index (κ2) is 8.90. The molecule has 4 heteroatoms. The number of unbranched alkanes of at least 4 members (excludes halogenated alkanes) is 6. The largest absolute Gasteiger partial charge is 0.253 e. The van der Waals surface area contributed by atoms with Gasteiger partial charge in [-0.3, -0.25) is 0 Å². The van der Waals surface area contributed by atoms with E-state index in [9.17, 15) is 0 Å². The van der Waals surface area contributed by atoms with Gasteiger partial charge in [0.1, 0.15) is 24.8 Å². The Hall–Kier alpha value is -1.58. The Balaban J connectivity index is 1.47. The summed E-state index contributed by atoms with van der Waals surface area (Å²) >= 11 is 0. The van der Waals surface area contributed by atoms with Gasteiger partial charge in [0.15, 0.2) is 0 Å². The molecule has 0 saturated carbocycles. The summed E-state index contributed by atoms with van der Waals surface area (Å²) in [6.45, 7) is 6.70. The van der Waals surface area contributed by atoms with Crippen molar-refractivity contribution in [3.8, 4) is 0 Å². The molecule has 0 aliphatic heterocycles. The van der Waals surface area contributed by atoms with Crippen LogP contribution in [0.2, 0.25) is 0 Å². The van der Waals surface area contributed by atoms with E-state index in [0.717, 1.165) is 13.1 Å². The Bertz CT molecular complexity index is 542. The van der Waals surface area contributed by atoms with Crippen LogP contribution in [0.1, 0.15) is 56.6 Å². The number of rotatable bonds is 10. The topological polar surface area (TPSA) is 17.6 Å². The van der Waals surface area contributed by atoms with E-state index in [1.807, 2.05) is 0 Å². The third kappa shape index (κ3) is 5.22. The van der Waals surface area contributed by atoms with Crippen LogP contribution in [0.4, 0.5) is 0 Å². The minimum Gasteiger partial charge on any atom is -0.237 e. The fourth-order valence-corrected chi connectivity index (χ4v) is 3.12. The fourth-order valence-electron chi connectivity index (χ4n) is 3.12. The first-order valence-electron chi connectivity index (χ1n) is 9.12. The van der Waals surface area contributed by atoms with E-state index in [0.29, 0.717) is 0 Å². The van der Waals surface area contributed by atoms with Crippen molar-refractivity contribution in [1.82, 2.24) is 9.13 Å². The van der Waals surface area contributed by atoms with Crippen molar-refractivity contribution in [3.05, 3.63) is 36.4 Å². The summed E-state index contributed by atoms with van der Waals surface area (Å²) in [5, 5.41) is 0. The molecule has 0 amide bonds. The van der Waals surface area contributed by atoms with Crippen LogP contribution in [-0.2, 0) is 27.2 Å². The van der Waals surface area contributed by atoms with Gasteiger partial charge in [0.25, 0.3) is 11.6 Å². The molecule has 23 heavy (non-hydrogen) atoms. The molecule has 0 unspecified atom stereocenters. The number of imidazole rings is 2. The Kier molecular flexibility index (Phi) is 6.87. The number of hydrogen-bond donors (Lipinski definition) is 0. The molecule has 128 valence electrons. The van der Waals surface area contributed by atoms with Crippen molar-refractivity contribution in [3.63, 3.8) is 0 Å². The summed E-state index contributed by atoms with van der Waals surface area (Å²) in [4.78, 5) is 0. The maximum absolute atomic E-state index is 2.36. The van der Waals surface area contributed by atoms with Crippen molar-refractivity contribution >= 4 is 0 Å². The molecule has 2 aromatic rings. The maximum Gasteiger partial charge on any atom is 0.253 e. The lowest BCUT2D eigenvalue weighted by atomic mass is 10.1. The number of aromatic nitrogens is 4. The summed E-state index contributed by atoms with van der Waals surface area (Å²) < 4.78 is 9.09. The van der Waals surface area contributed by atoms with Crippen LogP contribution in [-0.4, -0.2) is 9.13 Å². The Morgan fingerprint density at radius 1 is 0.652 bits per heavy atom. The van der Waals surface area contributed by atoms with Crippen LogP contribution in [0.15, 0.2) is 24.8 Å². The van der Waals surface area contributed by atoms with Crippen molar-refractivity contribution in [2.45, 2.75) is 71.9 Å². The normalized spacial score (nSPS) is 11.3. The van der Waals surface area contributed by atoms with E-state index in [-0.39, 0.29) is 0 Å². The molecule has 0 N–H and O–H groups in total. The molecule has 4 nitrogen and oxygen atoms in total. The van der Waals surface area contributed by atoms with Gasteiger partial charge in [0.05, 0.1) is 27.2 Å². The van der Waals surface area contributed by atoms with Gasteiger partial charge < -0.3 is 0 Å². The minimum absolute atomic E-state index is 1.16. The quantitative estimate of drug-likeness (QED) is 0.473. The zero-order valence-corrected chi connectivity index (χ0v) is 15.5. The van der Waals surface area contributed by atoms with Crippen LogP contribution in [0.5, 0.6) is 0 Å². The minimum atomic E-state index is 1.16. The third-order valence-electron chi connectivity index (χ3n) is 5.09. The van der Waals surface area contributed by atoms with E-state index in [4.69, 9.17) is 0 Å². The summed E-state index contributed by atoms with van der Waals surface area (Å²) in [5.74, 6) is 2.69. The Morgan fingerprint density at radius 2 is 1.00 bits per heavy atom. The van der Waals surface area contributed by atoms with Crippen molar-refractivity contribution in [2.24, 2.45) is 14.1 Å². The van der Waals surface area contributed by atoms with Gasteiger partial charge in [-0.1, -0.05) is 19.3 Å². The lowest BCUT2D eigenvalue weighted by Crippen LogP contribution is -2.29. The van der Waals surface area contributed by atoms with Gasteiger partial charge in [0.2, 0.25) is 0 Å². The van der Waals surface area contributed by atoms with Gasteiger partial charge in [-0.05, 0) is 25.7 Å². The van der Waals surface area contributed by atoms with Crippen molar-refractivity contribution < 1.29 is 9.13 Å². The molecule has 0 atom stereocenters. The number of aryl methyl sites for hydroxylation is 4. The standard InChI is InChI=1S/C19H34N4/c1-18-20(3)14-16-22(18)12-10-8-6-5-7-9-11-13-23-17-15-21(4)19(23)2/h14-17H,5-13H2,1-4H3/q+2. The van der Waals surface area contributed by atoms with Crippen molar-refractivity contribution in [2.75, 3.05) is 0 Å². The number of hydrogen-bond acceptors (Lipinski definition) is 0. The lowest BCUT2D eigenvalue weighted by Gasteiger charge is -2.02. The zero-order valence-electron chi connectivity index (χ0n) is 15.5. The van der Waals surface area contributed by atoms with Crippen LogP contribution in [0.3, 0.4) is 0 Å². The van der Waals surface area contributed by atoms with Gasteiger partial charge in [-0.15, -0.1) is 0 Å². The Labute approximate surface area is 141 Å². The summed E-state index contributed by atoms with van der Waals surface area (Å²) in [6, 6.07) is 0. The molecular formula is C19H34N4+2. The maximum atomic E-state index is 2.36. The van der Waals surface area contributed by atoms with E-state index < -0.39 is 0 Å². The predicted molar refractivity (Wildman–Crippen MR) is 93.0 cm³/mol. The lowest BCUT2D eigenvalue weighted by molar-refractivity contribution is -0.677. The smallest absolute Gasteiger partial charge is 0.237 e. The third-order valence-corrected chi connectivity index (χ3v) is 5.09. The molecule has 2 heterocycles. The fraction of sp³-hybridized carbons (Fsp3) is 0.684. The van der Waals surface area contributed by atoms with E-state index >= 15 is 0 Å². The average molecular weight is 319 g/mol. The highest BCUT2D eigenvalue weighted by molar-refractivity contribution is 4.79. The van der Waals surface area contributed by atoms with Gasteiger partial charge >= 0.3 is 0 Å². The molecule has 0 bridgehead atoms. The molecular weight excluding hydrogens is 284 g/mol. The average Bonchev–Trinajstić information content (AvgIpc) is 3.03. The first-order valence-corrected chi connectivity index (χ1v) is 9.12. The first-order chi connectivity index (χ1) is 11.1. The van der Waals surface area contributed by atoms with Crippen LogP contribution in [0.25, 0.3) is 0 Å². The van der Waals surface area contributed by atoms with E-state index in [1.54, 1.807) is 0 Å². The monoisotopic (exact) mass is 318 g/mol. The molecule has 0 radical (unpaired) electrons. The van der Waals surface area contributed by atoms with Crippen molar-refractivity contribution in [1.29, 1.82) is 0 Å². The van der Waals surface area contributed by atoms with Crippen LogP contribution in [0, 0.1) is 13.8 Å². The molecule has 2 aromatic heterocycles. The van der Waals surface area contributed by atoms with Crippen LogP contribution >= 0.6 is 0 Å². The second-order valence-electron chi connectivity index (χ2n) is 6.77. The molecule has 0 spiro atoms. The highest BCUT2D eigenvalue weighted by Gasteiger charge is 2.08. The first kappa shape index (κ1) is 17.8. The summed E-state index contributed by atoms with van der Waals surface area (Å²) in [6.07, 6.45) is 18.1. The molecule has 0 aliphatic rings. The highest BCUT2D eigenvalue weighted by Crippen LogP contribution is 2.09. The summed E-state index contributed by atoms with van der Waals surface area (Å²) in [5.41, 5.74) is 0.